The predicted molar refractivity (Wildman–Crippen MR) is 57.4 cm³/mol. The Morgan fingerprint density at radius 1 is 1.53 bits per heavy atom. The molecular formula is C11H20N2O2. The zero-order valence-electron chi connectivity index (χ0n) is 9.32. The van der Waals surface area contributed by atoms with Crippen LogP contribution in [0.25, 0.3) is 0 Å². The van der Waals surface area contributed by atoms with Gasteiger partial charge in [-0.2, -0.15) is 0 Å². The normalized spacial score (nSPS) is 36.5. The van der Waals surface area contributed by atoms with Crippen LogP contribution >= 0.6 is 0 Å². The SMILES string of the molecule is CCOC1CC(N)C1N1CCCCC1=O. The Bertz CT molecular complexity index is 243. The molecule has 4 nitrogen and oxygen atoms in total. The van der Waals surface area contributed by atoms with Gasteiger partial charge in [-0.15, -0.1) is 0 Å². The van der Waals surface area contributed by atoms with Crippen LogP contribution in [0.15, 0.2) is 0 Å². The van der Waals surface area contributed by atoms with Gasteiger partial charge in [0, 0.05) is 25.6 Å². The summed E-state index contributed by atoms with van der Waals surface area (Å²) in [4.78, 5) is 13.7. The third-order valence-corrected chi connectivity index (χ3v) is 3.42. The molecule has 2 aliphatic rings. The van der Waals surface area contributed by atoms with Gasteiger partial charge >= 0.3 is 0 Å². The number of carbonyl (C=O) groups is 1. The summed E-state index contributed by atoms with van der Waals surface area (Å²) in [5, 5.41) is 0. The molecule has 86 valence electrons. The van der Waals surface area contributed by atoms with Crippen molar-refractivity contribution >= 4 is 5.91 Å². The van der Waals surface area contributed by atoms with Gasteiger partial charge < -0.3 is 15.4 Å². The highest BCUT2D eigenvalue weighted by Gasteiger charge is 2.45. The number of likely N-dealkylation sites (tertiary alicyclic amines) is 1. The number of piperidine rings is 1. The fraction of sp³-hybridized carbons (Fsp3) is 0.909. The van der Waals surface area contributed by atoms with Gasteiger partial charge in [0.25, 0.3) is 0 Å². The Morgan fingerprint density at radius 2 is 2.33 bits per heavy atom. The van der Waals surface area contributed by atoms with Gasteiger partial charge in [0.1, 0.15) is 0 Å². The highest BCUT2D eigenvalue weighted by molar-refractivity contribution is 5.77. The zero-order chi connectivity index (χ0) is 10.8. The van der Waals surface area contributed by atoms with Crippen LogP contribution in [0.3, 0.4) is 0 Å². The molecule has 3 atom stereocenters. The summed E-state index contributed by atoms with van der Waals surface area (Å²) < 4.78 is 5.59. The van der Waals surface area contributed by atoms with Crippen molar-refractivity contribution in [2.75, 3.05) is 13.2 Å². The average Bonchev–Trinajstić information content (AvgIpc) is 2.21. The lowest BCUT2D eigenvalue weighted by atomic mass is 9.81. The van der Waals surface area contributed by atoms with Crippen LogP contribution in [0, 0.1) is 0 Å². The number of rotatable bonds is 3. The lowest BCUT2D eigenvalue weighted by Crippen LogP contribution is -2.66. The molecular weight excluding hydrogens is 192 g/mol. The first-order chi connectivity index (χ1) is 7.24. The molecule has 1 heterocycles. The molecule has 15 heavy (non-hydrogen) atoms. The van der Waals surface area contributed by atoms with Crippen LogP contribution in [0.4, 0.5) is 0 Å². The lowest BCUT2D eigenvalue weighted by molar-refractivity contribution is -0.148. The van der Waals surface area contributed by atoms with Crippen LogP contribution in [-0.2, 0) is 9.53 Å². The van der Waals surface area contributed by atoms with E-state index in [1.807, 2.05) is 11.8 Å². The third kappa shape index (κ3) is 2.01. The van der Waals surface area contributed by atoms with Crippen molar-refractivity contribution in [3.8, 4) is 0 Å². The summed E-state index contributed by atoms with van der Waals surface area (Å²) in [5.41, 5.74) is 5.96. The van der Waals surface area contributed by atoms with Crippen molar-refractivity contribution in [2.24, 2.45) is 5.73 Å². The first-order valence-electron chi connectivity index (χ1n) is 5.90. The summed E-state index contributed by atoms with van der Waals surface area (Å²) >= 11 is 0. The van der Waals surface area contributed by atoms with Gasteiger partial charge in [-0.05, 0) is 26.2 Å². The summed E-state index contributed by atoms with van der Waals surface area (Å²) in [5.74, 6) is 0.256. The van der Waals surface area contributed by atoms with E-state index in [0.717, 1.165) is 25.8 Å². The molecule has 1 amide bonds. The van der Waals surface area contributed by atoms with E-state index in [-0.39, 0.29) is 24.1 Å². The predicted octanol–water partition coefficient (Wildman–Crippen LogP) is 0.504. The highest BCUT2D eigenvalue weighted by Crippen LogP contribution is 2.30. The van der Waals surface area contributed by atoms with E-state index in [1.54, 1.807) is 0 Å². The topological polar surface area (TPSA) is 55.6 Å². The number of nitrogens with zero attached hydrogens (tertiary/aromatic N) is 1. The maximum atomic E-state index is 11.7. The summed E-state index contributed by atoms with van der Waals surface area (Å²) in [6.07, 6.45) is 3.88. The van der Waals surface area contributed by atoms with Crippen molar-refractivity contribution in [3.63, 3.8) is 0 Å². The van der Waals surface area contributed by atoms with E-state index >= 15 is 0 Å². The summed E-state index contributed by atoms with van der Waals surface area (Å²) in [6, 6.07) is 0.251. The number of hydrogen-bond donors (Lipinski definition) is 1. The van der Waals surface area contributed by atoms with Crippen LogP contribution in [-0.4, -0.2) is 42.1 Å². The molecule has 3 unspecified atom stereocenters. The second kappa shape index (κ2) is 4.49. The third-order valence-electron chi connectivity index (χ3n) is 3.42. The van der Waals surface area contributed by atoms with Crippen LogP contribution in [0.5, 0.6) is 0 Å². The lowest BCUT2D eigenvalue weighted by Gasteiger charge is -2.49. The molecule has 0 aromatic carbocycles. The van der Waals surface area contributed by atoms with Gasteiger partial charge in [0.15, 0.2) is 0 Å². The molecule has 2 N–H and O–H groups in total. The maximum absolute atomic E-state index is 11.7. The van der Waals surface area contributed by atoms with Gasteiger partial charge in [-0.25, -0.2) is 0 Å². The second-order valence-corrected chi connectivity index (χ2v) is 4.43. The number of hydrogen-bond acceptors (Lipinski definition) is 3. The molecule has 1 aliphatic heterocycles. The van der Waals surface area contributed by atoms with Crippen LogP contribution < -0.4 is 5.73 Å². The van der Waals surface area contributed by atoms with E-state index in [0.29, 0.717) is 13.0 Å². The largest absolute Gasteiger partial charge is 0.376 e. The fourth-order valence-electron chi connectivity index (χ4n) is 2.58. The average molecular weight is 212 g/mol. The number of ether oxygens (including phenoxy) is 1. The maximum Gasteiger partial charge on any atom is 0.222 e. The molecule has 4 heteroatoms. The minimum absolute atomic E-state index is 0.114. The van der Waals surface area contributed by atoms with Crippen LogP contribution in [0.2, 0.25) is 0 Å². The van der Waals surface area contributed by atoms with E-state index < -0.39 is 0 Å². The van der Waals surface area contributed by atoms with E-state index in [9.17, 15) is 4.79 Å². The standard InChI is InChI=1S/C11H20N2O2/c1-2-15-9-7-8(12)11(9)13-6-4-3-5-10(13)14/h8-9,11H,2-7,12H2,1H3. The Balaban J connectivity index is 1.97. The number of nitrogens with two attached hydrogens (primary N) is 1. The fourth-order valence-corrected chi connectivity index (χ4v) is 2.58. The molecule has 1 saturated carbocycles. The number of amides is 1. The van der Waals surface area contributed by atoms with Crippen molar-refractivity contribution < 1.29 is 9.53 Å². The Morgan fingerprint density at radius 3 is 2.93 bits per heavy atom. The van der Waals surface area contributed by atoms with Crippen molar-refractivity contribution in [1.82, 2.24) is 4.90 Å². The molecule has 2 rings (SSSR count). The molecule has 2 fully saturated rings. The van der Waals surface area contributed by atoms with Crippen molar-refractivity contribution in [1.29, 1.82) is 0 Å². The minimum atomic E-state index is 0.114. The van der Waals surface area contributed by atoms with E-state index in [1.165, 1.54) is 0 Å². The molecule has 0 spiro atoms. The van der Waals surface area contributed by atoms with Crippen molar-refractivity contribution in [2.45, 2.75) is 50.8 Å². The summed E-state index contributed by atoms with van der Waals surface area (Å²) in [7, 11) is 0. The smallest absolute Gasteiger partial charge is 0.222 e. The second-order valence-electron chi connectivity index (χ2n) is 4.43. The van der Waals surface area contributed by atoms with Crippen molar-refractivity contribution in [3.05, 3.63) is 0 Å². The molecule has 0 radical (unpaired) electrons. The molecule has 0 bridgehead atoms. The van der Waals surface area contributed by atoms with E-state index in [2.05, 4.69) is 0 Å². The van der Waals surface area contributed by atoms with Gasteiger partial charge in [-0.3, -0.25) is 4.79 Å². The first kappa shape index (κ1) is 10.9. The quantitative estimate of drug-likeness (QED) is 0.741. The molecule has 1 saturated heterocycles. The van der Waals surface area contributed by atoms with E-state index in [4.69, 9.17) is 10.5 Å². The van der Waals surface area contributed by atoms with Crippen LogP contribution in [0.1, 0.15) is 32.6 Å². The summed E-state index contributed by atoms with van der Waals surface area (Å²) in [6.45, 7) is 3.55. The Kier molecular flexibility index (Phi) is 3.26. The first-order valence-corrected chi connectivity index (χ1v) is 5.90. The van der Waals surface area contributed by atoms with Gasteiger partial charge in [0.2, 0.25) is 5.91 Å². The van der Waals surface area contributed by atoms with Gasteiger partial charge in [-0.1, -0.05) is 0 Å². The molecule has 0 aromatic rings. The zero-order valence-corrected chi connectivity index (χ0v) is 9.32. The minimum Gasteiger partial charge on any atom is -0.376 e. The Labute approximate surface area is 90.8 Å². The van der Waals surface area contributed by atoms with Gasteiger partial charge in [0.05, 0.1) is 12.1 Å². The number of carbonyl (C=O) groups excluding carboxylic acids is 1. The Hall–Kier alpha value is -0.610. The molecule has 1 aliphatic carbocycles. The molecule has 0 aromatic heterocycles. The monoisotopic (exact) mass is 212 g/mol. The highest BCUT2D eigenvalue weighted by atomic mass is 16.5.